The molecule has 2 aromatic rings. The Morgan fingerprint density at radius 3 is 2.92 bits per heavy atom. The van der Waals surface area contributed by atoms with Crippen molar-refractivity contribution in [3.63, 3.8) is 0 Å². The smallest absolute Gasteiger partial charge is 0.221 e. The standard InChI is InChI=1S/C17H22N4OS.ClH/c1-16(2,17-9-19-7-10(17)13(17)14(18)22)15-20-8-11-12(23-3)5-4-6-21(11)15;/h4-6,8,10,13,19H,7,9H2,1-3H3,(H2,18,22);1H. The molecule has 1 saturated carbocycles. The molecule has 3 atom stereocenters. The van der Waals surface area contributed by atoms with E-state index in [9.17, 15) is 4.79 Å². The zero-order chi connectivity index (χ0) is 16.4. The van der Waals surface area contributed by atoms with Crippen LogP contribution in [0.5, 0.6) is 0 Å². The van der Waals surface area contributed by atoms with Crippen LogP contribution in [-0.2, 0) is 10.2 Å². The number of nitrogens with zero attached hydrogens (tertiary/aromatic N) is 2. The summed E-state index contributed by atoms with van der Waals surface area (Å²) in [5.41, 5.74) is 6.46. The molecule has 0 bridgehead atoms. The summed E-state index contributed by atoms with van der Waals surface area (Å²) in [5.74, 6) is 1.12. The van der Waals surface area contributed by atoms with Gasteiger partial charge < -0.3 is 15.5 Å². The number of primary amides is 1. The van der Waals surface area contributed by atoms with Gasteiger partial charge in [0.15, 0.2) is 0 Å². The summed E-state index contributed by atoms with van der Waals surface area (Å²) in [7, 11) is 0. The second-order valence-electron chi connectivity index (χ2n) is 7.20. The number of hydrogen-bond donors (Lipinski definition) is 2. The van der Waals surface area contributed by atoms with Gasteiger partial charge in [-0.05, 0) is 30.9 Å². The fourth-order valence-corrected chi connectivity index (χ4v) is 5.43. The molecule has 1 saturated heterocycles. The van der Waals surface area contributed by atoms with E-state index in [4.69, 9.17) is 10.7 Å². The predicted molar refractivity (Wildman–Crippen MR) is 98.7 cm³/mol. The Hall–Kier alpha value is -1.24. The minimum absolute atomic E-state index is 0. The van der Waals surface area contributed by atoms with Crippen molar-refractivity contribution in [1.29, 1.82) is 0 Å². The van der Waals surface area contributed by atoms with Crippen molar-refractivity contribution >= 4 is 35.6 Å². The summed E-state index contributed by atoms with van der Waals surface area (Å²) >= 11 is 1.72. The zero-order valence-electron chi connectivity index (χ0n) is 14.1. The van der Waals surface area contributed by atoms with Crippen LogP contribution in [0.25, 0.3) is 5.52 Å². The number of nitrogens with one attached hydrogen (secondary N) is 1. The number of carbonyl (C=O) groups excluding carboxylic acids is 1. The van der Waals surface area contributed by atoms with Crippen LogP contribution in [0.3, 0.4) is 0 Å². The van der Waals surface area contributed by atoms with Crippen LogP contribution in [0.4, 0.5) is 0 Å². The molecule has 0 aromatic carbocycles. The lowest BCUT2D eigenvalue weighted by atomic mass is 9.73. The van der Waals surface area contributed by atoms with E-state index >= 15 is 0 Å². The van der Waals surface area contributed by atoms with Crippen LogP contribution in [0.2, 0.25) is 0 Å². The number of amides is 1. The third-order valence-electron chi connectivity index (χ3n) is 6.07. The molecule has 5 nitrogen and oxygen atoms in total. The maximum absolute atomic E-state index is 11.9. The molecular formula is C17H23ClN4OS. The third kappa shape index (κ3) is 1.99. The second-order valence-corrected chi connectivity index (χ2v) is 8.04. The maximum Gasteiger partial charge on any atom is 0.221 e. The minimum Gasteiger partial charge on any atom is -0.369 e. The minimum atomic E-state index is -0.232. The van der Waals surface area contributed by atoms with Gasteiger partial charge in [0.1, 0.15) is 5.82 Å². The average Bonchev–Trinajstić information content (AvgIpc) is 2.88. The van der Waals surface area contributed by atoms with E-state index in [0.717, 1.165) is 24.4 Å². The first kappa shape index (κ1) is 17.6. The van der Waals surface area contributed by atoms with E-state index in [1.54, 1.807) is 11.8 Å². The molecule has 4 rings (SSSR count). The number of hydrogen-bond acceptors (Lipinski definition) is 4. The molecule has 1 aliphatic carbocycles. The molecule has 2 aromatic heterocycles. The number of nitrogens with two attached hydrogens (primary N) is 1. The van der Waals surface area contributed by atoms with Crippen LogP contribution in [0.15, 0.2) is 29.4 Å². The van der Waals surface area contributed by atoms with Gasteiger partial charge in [0.05, 0.1) is 17.6 Å². The predicted octanol–water partition coefficient (Wildman–Crippen LogP) is 2.08. The molecule has 2 aliphatic rings. The number of thioether (sulfide) groups is 1. The summed E-state index contributed by atoms with van der Waals surface area (Å²) in [6, 6.07) is 4.17. The lowest BCUT2D eigenvalue weighted by Gasteiger charge is -2.33. The Labute approximate surface area is 152 Å². The van der Waals surface area contributed by atoms with E-state index < -0.39 is 0 Å². The first-order valence-electron chi connectivity index (χ1n) is 7.95. The molecular weight excluding hydrogens is 344 g/mol. The van der Waals surface area contributed by atoms with E-state index in [1.165, 1.54) is 4.90 Å². The summed E-state index contributed by atoms with van der Waals surface area (Å²) < 4.78 is 2.17. The SMILES string of the molecule is CSc1cccn2c(C(C)(C)C34CNCC3C4C(N)=O)ncc12.Cl. The Morgan fingerprint density at radius 2 is 2.29 bits per heavy atom. The van der Waals surface area contributed by atoms with Crippen molar-refractivity contribution in [2.45, 2.75) is 24.2 Å². The van der Waals surface area contributed by atoms with Gasteiger partial charge in [-0.1, -0.05) is 13.8 Å². The fourth-order valence-electron chi connectivity index (χ4n) is 4.86. The van der Waals surface area contributed by atoms with Gasteiger partial charge in [0, 0.05) is 28.5 Å². The van der Waals surface area contributed by atoms with Gasteiger partial charge in [-0.2, -0.15) is 0 Å². The van der Waals surface area contributed by atoms with Crippen molar-refractivity contribution in [1.82, 2.24) is 14.7 Å². The molecule has 0 radical (unpaired) electrons. The summed E-state index contributed by atoms with van der Waals surface area (Å²) in [6.45, 7) is 6.11. The van der Waals surface area contributed by atoms with Gasteiger partial charge in [-0.15, -0.1) is 24.2 Å². The first-order valence-corrected chi connectivity index (χ1v) is 9.18. The number of imidazole rings is 1. The van der Waals surface area contributed by atoms with E-state index in [2.05, 4.69) is 48.2 Å². The van der Waals surface area contributed by atoms with Crippen molar-refractivity contribution in [2.24, 2.45) is 23.0 Å². The van der Waals surface area contributed by atoms with Gasteiger partial charge in [-0.3, -0.25) is 4.79 Å². The fraction of sp³-hybridized carbons (Fsp3) is 0.529. The molecule has 3 N–H and O–H groups in total. The molecule has 0 spiro atoms. The van der Waals surface area contributed by atoms with Crippen molar-refractivity contribution in [2.75, 3.05) is 19.3 Å². The van der Waals surface area contributed by atoms with Gasteiger partial charge in [0.2, 0.25) is 5.91 Å². The Bertz CT molecular complexity index is 805. The number of carbonyl (C=O) groups is 1. The van der Waals surface area contributed by atoms with E-state index in [-0.39, 0.29) is 35.1 Å². The van der Waals surface area contributed by atoms with Crippen LogP contribution in [0, 0.1) is 17.3 Å². The topological polar surface area (TPSA) is 72.4 Å². The summed E-state index contributed by atoms with van der Waals surface area (Å²) in [6.07, 6.45) is 6.08. The van der Waals surface area contributed by atoms with E-state index in [1.807, 2.05) is 6.20 Å². The molecule has 7 heteroatoms. The number of rotatable bonds is 4. The zero-order valence-corrected chi connectivity index (χ0v) is 15.7. The summed E-state index contributed by atoms with van der Waals surface area (Å²) in [4.78, 5) is 17.9. The number of piperidine rings is 1. The largest absolute Gasteiger partial charge is 0.369 e. The number of fused-ring (bicyclic) bond motifs is 2. The molecule has 3 heterocycles. The highest BCUT2D eigenvalue weighted by Gasteiger charge is 2.76. The normalized spacial score (nSPS) is 28.5. The highest BCUT2D eigenvalue weighted by atomic mass is 35.5. The molecule has 2 fully saturated rings. The van der Waals surface area contributed by atoms with Crippen LogP contribution in [0.1, 0.15) is 19.7 Å². The average molecular weight is 367 g/mol. The monoisotopic (exact) mass is 366 g/mol. The highest BCUT2D eigenvalue weighted by Crippen LogP contribution is 2.69. The first-order chi connectivity index (χ1) is 10.9. The maximum atomic E-state index is 11.9. The number of aromatic nitrogens is 2. The molecule has 1 aliphatic heterocycles. The second kappa shape index (κ2) is 5.64. The lowest BCUT2D eigenvalue weighted by molar-refractivity contribution is -0.120. The van der Waals surface area contributed by atoms with Crippen LogP contribution < -0.4 is 11.1 Å². The summed E-state index contributed by atoms with van der Waals surface area (Å²) in [5, 5.41) is 3.44. The molecule has 1 amide bonds. The Balaban J connectivity index is 0.00000169. The number of halogens is 1. The Kier molecular flexibility index (Phi) is 4.13. The van der Waals surface area contributed by atoms with Crippen LogP contribution in [-0.4, -0.2) is 34.6 Å². The van der Waals surface area contributed by atoms with Gasteiger partial charge in [0.25, 0.3) is 0 Å². The van der Waals surface area contributed by atoms with E-state index in [0.29, 0.717) is 5.92 Å². The highest BCUT2D eigenvalue weighted by molar-refractivity contribution is 7.98. The van der Waals surface area contributed by atoms with Crippen molar-refractivity contribution in [3.05, 3.63) is 30.4 Å². The van der Waals surface area contributed by atoms with Crippen molar-refractivity contribution < 1.29 is 4.79 Å². The quantitative estimate of drug-likeness (QED) is 0.812. The van der Waals surface area contributed by atoms with Gasteiger partial charge >= 0.3 is 0 Å². The van der Waals surface area contributed by atoms with Crippen LogP contribution >= 0.6 is 24.2 Å². The lowest BCUT2D eigenvalue weighted by Crippen LogP contribution is -2.41. The molecule has 3 unspecified atom stereocenters. The van der Waals surface area contributed by atoms with Gasteiger partial charge in [-0.25, -0.2) is 4.98 Å². The number of pyridine rings is 1. The Morgan fingerprint density at radius 1 is 1.54 bits per heavy atom. The third-order valence-corrected chi connectivity index (χ3v) is 6.86. The molecule has 130 valence electrons. The van der Waals surface area contributed by atoms with Crippen molar-refractivity contribution in [3.8, 4) is 0 Å². The molecule has 24 heavy (non-hydrogen) atoms.